The Balaban J connectivity index is 1.85. The molecule has 0 aliphatic carbocycles. The van der Waals surface area contributed by atoms with Gasteiger partial charge in [-0.25, -0.2) is 10.1 Å². The Morgan fingerprint density at radius 2 is 2.04 bits per heavy atom. The number of aromatic nitrogens is 5. The topological polar surface area (TPSA) is 96.5 Å². The van der Waals surface area contributed by atoms with Crippen LogP contribution in [0.4, 0.5) is 5.95 Å². The number of carbonyl (C=O) groups is 1. The summed E-state index contributed by atoms with van der Waals surface area (Å²) in [5.74, 6) is 0.0133. The van der Waals surface area contributed by atoms with E-state index in [0.29, 0.717) is 17.2 Å². The van der Waals surface area contributed by atoms with Gasteiger partial charge in [0.2, 0.25) is 5.95 Å². The van der Waals surface area contributed by atoms with Crippen molar-refractivity contribution in [2.75, 3.05) is 5.32 Å². The highest BCUT2D eigenvalue weighted by molar-refractivity contribution is 6.12. The zero-order chi connectivity index (χ0) is 16.4. The Morgan fingerprint density at radius 3 is 2.83 bits per heavy atom. The van der Waals surface area contributed by atoms with E-state index in [1.165, 1.54) is 6.33 Å². The van der Waals surface area contributed by atoms with Gasteiger partial charge in [0.05, 0.1) is 16.8 Å². The second-order valence-electron chi connectivity index (χ2n) is 5.10. The molecule has 0 aliphatic rings. The van der Waals surface area contributed by atoms with E-state index in [1.54, 1.807) is 18.5 Å². The minimum absolute atomic E-state index is 0.282. The molecule has 2 N–H and O–H groups in total. The average Bonchev–Trinajstić information content (AvgIpc) is 3.14. The van der Waals surface area contributed by atoms with Crippen molar-refractivity contribution in [3.05, 3.63) is 66.7 Å². The standard InChI is InChI=1S/C17H12N6O/c24-16(22-17-19-10-20-23-17)13-8-15(11-4-3-7-18-9-11)21-14-6-2-1-5-12(13)14/h1-10H,(H2,19,20,22,23,24). The number of nitrogens with zero attached hydrogens (tertiary/aromatic N) is 4. The molecule has 4 rings (SSSR count). The Labute approximate surface area is 136 Å². The molecule has 7 nitrogen and oxygen atoms in total. The number of rotatable bonds is 3. The van der Waals surface area contributed by atoms with E-state index < -0.39 is 0 Å². The van der Waals surface area contributed by atoms with E-state index in [0.717, 1.165) is 16.5 Å². The fraction of sp³-hybridized carbons (Fsp3) is 0. The first kappa shape index (κ1) is 14.0. The first-order valence-electron chi connectivity index (χ1n) is 7.28. The van der Waals surface area contributed by atoms with E-state index in [-0.39, 0.29) is 5.91 Å². The molecule has 116 valence electrons. The van der Waals surface area contributed by atoms with Crippen LogP contribution in [0.25, 0.3) is 22.2 Å². The lowest BCUT2D eigenvalue weighted by Gasteiger charge is -2.09. The number of hydrogen-bond donors (Lipinski definition) is 2. The van der Waals surface area contributed by atoms with Gasteiger partial charge >= 0.3 is 0 Å². The number of nitrogens with one attached hydrogen (secondary N) is 2. The minimum Gasteiger partial charge on any atom is -0.291 e. The van der Waals surface area contributed by atoms with Crippen LogP contribution >= 0.6 is 0 Å². The highest BCUT2D eigenvalue weighted by Gasteiger charge is 2.15. The quantitative estimate of drug-likeness (QED) is 0.605. The third kappa shape index (κ3) is 2.58. The normalized spacial score (nSPS) is 10.7. The molecule has 7 heteroatoms. The van der Waals surface area contributed by atoms with Crippen molar-refractivity contribution in [1.82, 2.24) is 25.1 Å². The van der Waals surface area contributed by atoms with Gasteiger partial charge in [0.1, 0.15) is 6.33 Å². The van der Waals surface area contributed by atoms with E-state index >= 15 is 0 Å². The lowest BCUT2D eigenvalue weighted by Crippen LogP contribution is -2.14. The number of benzene rings is 1. The molecule has 0 bridgehead atoms. The molecule has 3 aromatic heterocycles. The van der Waals surface area contributed by atoms with Crippen LogP contribution in [-0.2, 0) is 0 Å². The number of pyridine rings is 2. The van der Waals surface area contributed by atoms with Crippen LogP contribution in [0.3, 0.4) is 0 Å². The predicted molar refractivity (Wildman–Crippen MR) is 89.3 cm³/mol. The maximum absolute atomic E-state index is 12.7. The van der Waals surface area contributed by atoms with Crippen LogP contribution in [0.2, 0.25) is 0 Å². The number of anilines is 1. The Kier molecular flexibility index (Phi) is 3.43. The molecule has 1 amide bonds. The van der Waals surface area contributed by atoms with Gasteiger partial charge in [-0.1, -0.05) is 18.2 Å². The molecule has 0 atom stereocenters. The summed E-state index contributed by atoms with van der Waals surface area (Å²) >= 11 is 0. The van der Waals surface area contributed by atoms with Crippen LogP contribution in [0.1, 0.15) is 10.4 Å². The fourth-order valence-electron chi connectivity index (χ4n) is 2.47. The van der Waals surface area contributed by atoms with Crippen LogP contribution in [0.15, 0.2) is 61.2 Å². The Morgan fingerprint density at radius 1 is 1.12 bits per heavy atom. The zero-order valence-electron chi connectivity index (χ0n) is 12.5. The lowest BCUT2D eigenvalue weighted by molar-refractivity contribution is 0.102. The van der Waals surface area contributed by atoms with Crippen molar-refractivity contribution in [1.29, 1.82) is 0 Å². The second-order valence-corrected chi connectivity index (χ2v) is 5.10. The summed E-state index contributed by atoms with van der Waals surface area (Å²) in [6, 6.07) is 13.0. The zero-order valence-corrected chi connectivity index (χ0v) is 12.5. The fourth-order valence-corrected chi connectivity index (χ4v) is 2.47. The summed E-state index contributed by atoms with van der Waals surface area (Å²) in [5, 5.41) is 9.80. The van der Waals surface area contributed by atoms with E-state index in [9.17, 15) is 4.79 Å². The van der Waals surface area contributed by atoms with Crippen LogP contribution in [0, 0.1) is 0 Å². The smallest absolute Gasteiger partial charge is 0.258 e. The summed E-state index contributed by atoms with van der Waals surface area (Å²) < 4.78 is 0. The van der Waals surface area contributed by atoms with E-state index in [1.807, 2.05) is 36.4 Å². The van der Waals surface area contributed by atoms with E-state index in [2.05, 4.69) is 30.5 Å². The van der Waals surface area contributed by atoms with Gasteiger partial charge < -0.3 is 0 Å². The van der Waals surface area contributed by atoms with Gasteiger partial charge in [0.25, 0.3) is 5.91 Å². The van der Waals surface area contributed by atoms with Crippen molar-refractivity contribution in [2.45, 2.75) is 0 Å². The van der Waals surface area contributed by atoms with Gasteiger partial charge in [0.15, 0.2) is 0 Å². The number of carbonyl (C=O) groups excluding carboxylic acids is 1. The number of amides is 1. The summed E-state index contributed by atoms with van der Waals surface area (Å²) in [6.07, 6.45) is 4.75. The average molecular weight is 316 g/mol. The van der Waals surface area contributed by atoms with Crippen molar-refractivity contribution in [3.8, 4) is 11.3 Å². The number of fused-ring (bicyclic) bond motifs is 1. The number of hydrogen-bond acceptors (Lipinski definition) is 5. The van der Waals surface area contributed by atoms with Gasteiger partial charge in [-0.15, -0.1) is 0 Å². The van der Waals surface area contributed by atoms with Gasteiger partial charge in [0, 0.05) is 23.3 Å². The summed E-state index contributed by atoms with van der Waals surface area (Å²) in [7, 11) is 0. The third-order valence-corrected chi connectivity index (χ3v) is 3.57. The molecule has 24 heavy (non-hydrogen) atoms. The largest absolute Gasteiger partial charge is 0.291 e. The SMILES string of the molecule is O=C(Nc1ncn[nH]1)c1cc(-c2cccnc2)nc2ccccc12. The van der Waals surface area contributed by atoms with E-state index in [4.69, 9.17) is 0 Å². The van der Waals surface area contributed by atoms with Gasteiger partial charge in [-0.05, 0) is 24.3 Å². The van der Waals surface area contributed by atoms with Crippen LogP contribution in [-0.4, -0.2) is 31.1 Å². The van der Waals surface area contributed by atoms with Crippen LogP contribution in [0.5, 0.6) is 0 Å². The van der Waals surface area contributed by atoms with Crippen molar-refractivity contribution < 1.29 is 4.79 Å². The predicted octanol–water partition coefficient (Wildman–Crippen LogP) is 2.67. The molecule has 0 saturated carbocycles. The van der Waals surface area contributed by atoms with Gasteiger partial charge in [-0.2, -0.15) is 10.1 Å². The molecule has 0 aliphatic heterocycles. The number of H-pyrrole nitrogens is 1. The second kappa shape index (κ2) is 5.88. The van der Waals surface area contributed by atoms with Crippen molar-refractivity contribution in [2.24, 2.45) is 0 Å². The maximum atomic E-state index is 12.7. The molecule has 3 heterocycles. The molecule has 0 fully saturated rings. The Hall–Kier alpha value is -3.61. The lowest BCUT2D eigenvalue weighted by atomic mass is 10.0. The number of para-hydroxylation sites is 1. The number of aromatic amines is 1. The monoisotopic (exact) mass is 316 g/mol. The molecule has 0 saturated heterocycles. The Bertz CT molecular complexity index is 998. The first-order valence-corrected chi connectivity index (χ1v) is 7.28. The summed E-state index contributed by atoms with van der Waals surface area (Å²) in [5.41, 5.74) is 2.78. The minimum atomic E-state index is -0.282. The van der Waals surface area contributed by atoms with Crippen molar-refractivity contribution >= 4 is 22.8 Å². The molecule has 4 aromatic rings. The van der Waals surface area contributed by atoms with Crippen LogP contribution < -0.4 is 5.32 Å². The molecule has 0 radical (unpaired) electrons. The summed E-state index contributed by atoms with van der Waals surface area (Å²) in [6.45, 7) is 0. The molecule has 1 aromatic carbocycles. The highest BCUT2D eigenvalue weighted by atomic mass is 16.1. The first-order chi connectivity index (χ1) is 11.8. The molecule has 0 unspecified atom stereocenters. The maximum Gasteiger partial charge on any atom is 0.258 e. The summed E-state index contributed by atoms with van der Waals surface area (Å²) in [4.78, 5) is 25.3. The highest BCUT2D eigenvalue weighted by Crippen LogP contribution is 2.24. The van der Waals surface area contributed by atoms with Gasteiger partial charge in [-0.3, -0.25) is 15.1 Å². The van der Waals surface area contributed by atoms with Crippen molar-refractivity contribution in [3.63, 3.8) is 0 Å². The molecular formula is C17H12N6O. The molecule has 0 spiro atoms. The molecular weight excluding hydrogens is 304 g/mol. The third-order valence-electron chi connectivity index (χ3n) is 3.57.